The van der Waals surface area contributed by atoms with E-state index in [9.17, 15) is 5.11 Å². The van der Waals surface area contributed by atoms with Gasteiger partial charge >= 0.3 is 0 Å². The number of methoxy groups -OCH3 is 1. The predicted octanol–water partition coefficient (Wildman–Crippen LogP) is 6.95. The average molecular weight is 569 g/mol. The lowest BCUT2D eigenvalue weighted by atomic mass is 9.83. The van der Waals surface area contributed by atoms with E-state index in [1.54, 1.807) is 36.3 Å². The third-order valence-electron chi connectivity index (χ3n) is 7.26. The van der Waals surface area contributed by atoms with Crippen LogP contribution in [-0.4, -0.2) is 31.3 Å². The number of hydrogen-bond donors (Lipinski definition) is 1. The number of halogens is 2. The van der Waals surface area contributed by atoms with Crippen LogP contribution in [0.25, 0.3) is 16.6 Å². The van der Waals surface area contributed by atoms with Gasteiger partial charge in [0.15, 0.2) is 5.60 Å². The van der Waals surface area contributed by atoms with Crippen molar-refractivity contribution in [2.45, 2.75) is 12.0 Å². The van der Waals surface area contributed by atoms with Crippen molar-refractivity contribution in [3.05, 3.63) is 142 Å². The van der Waals surface area contributed by atoms with Gasteiger partial charge in [0.1, 0.15) is 0 Å². The fourth-order valence-corrected chi connectivity index (χ4v) is 5.57. The van der Waals surface area contributed by atoms with Crippen molar-refractivity contribution >= 4 is 34.1 Å². The summed E-state index contributed by atoms with van der Waals surface area (Å²) >= 11 is 13.3. The van der Waals surface area contributed by atoms with Crippen LogP contribution in [0, 0.1) is 0 Å². The molecule has 3 aromatic heterocycles. The van der Waals surface area contributed by atoms with Crippen LogP contribution in [0.2, 0.25) is 10.0 Å². The maximum Gasteiger partial charge on any atom is 0.218 e. The lowest BCUT2D eigenvalue weighted by Gasteiger charge is -2.30. The van der Waals surface area contributed by atoms with E-state index < -0.39 is 5.60 Å². The Morgan fingerprint density at radius 1 is 0.925 bits per heavy atom. The van der Waals surface area contributed by atoms with Gasteiger partial charge in [-0.1, -0.05) is 53.5 Å². The lowest BCUT2D eigenvalue weighted by Crippen LogP contribution is -2.31. The minimum absolute atomic E-state index is 0.472. The van der Waals surface area contributed by atoms with E-state index in [4.69, 9.17) is 32.9 Å². The monoisotopic (exact) mass is 568 g/mol. The normalized spacial score (nSPS) is 12.9. The molecule has 0 spiro atoms. The smallest absolute Gasteiger partial charge is 0.218 e. The van der Waals surface area contributed by atoms with E-state index in [2.05, 4.69) is 33.8 Å². The zero-order valence-corrected chi connectivity index (χ0v) is 23.4. The summed E-state index contributed by atoms with van der Waals surface area (Å²) in [6.07, 6.45) is 7.88. The Kier molecular flexibility index (Phi) is 6.84. The maximum absolute atomic E-state index is 12.4. The van der Waals surface area contributed by atoms with Crippen LogP contribution in [-0.2, 0) is 19.1 Å². The zero-order valence-electron chi connectivity index (χ0n) is 21.9. The first-order chi connectivity index (χ1) is 19.4. The van der Waals surface area contributed by atoms with Crippen molar-refractivity contribution in [3.8, 4) is 11.6 Å². The van der Waals surface area contributed by atoms with Crippen molar-refractivity contribution < 1.29 is 9.84 Å². The van der Waals surface area contributed by atoms with Gasteiger partial charge in [-0.05, 0) is 65.2 Å². The topological polar surface area (TPSA) is 65.1 Å². The van der Waals surface area contributed by atoms with E-state index in [1.165, 1.54) is 0 Å². The van der Waals surface area contributed by atoms with Crippen molar-refractivity contribution in [2.24, 2.45) is 7.05 Å². The Balaban J connectivity index is 1.46. The van der Waals surface area contributed by atoms with Gasteiger partial charge < -0.3 is 19.0 Å². The molecule has 0 aliphatic heterocycles. The van der Waals surface area contributed by atoms with Gasteiger partial charge in [0.25, 0.3) is 0 Å². The van der Waals surface area contributed by atoms with Gasteiger partial charge in [-0.3, -0.25) is 0 Å². The molecule has 1 atom stereocenters. The van der Waals surface area contributed by atoms with Crippen LogP contribution in [0.3, 0.4) is 0 Å². The highest BCUT2D eigenvalue weighted by Crippen LogP contribution is 2.41. The first kappa shape index (κ1) is 26.1. The van der Waals surface area contributed by atoms with Crippen LogP contribution in [0.1, 0.15) is 27.9 Å². The number of nitrogens with zero attached hydrogens (tertiary/aromatic N) is 4. The highest BCUT2D eigenvalue weighted by Gasteiger charge is 2.37. The molecule has 6 rings (SSSR count). The van der Waals surface area contributed by atoms with Crippen LogP contribution < -0.4 is 4.74 Å². The number of ether oxygens (including phenoxy) is 1. The SMILES string of the molecule is COc1nc2ccc(C(O)(c3ccc(Cl)cc3)c3cncn3C)cc2c(Cl)c1Cc1ccc(-n2cccc2)cc1. The zero-order chi connectivity index (χ0) is 27.9. The molecular formula is C32H26Cl2N4O2. The van der Waals surface area contributed by atoms with Crippen molar-refractivity contribution in [2.75, 3.05) is 7.11 Å². The van der Waals surface area contributed by atoms with Gasteiger partial charge in [-0.15, -0.1) is 0 Å². The first-order valence-corrected chi connectivity index (χ1v) is 13.5. The summed E-state index contributed by atoms with van der Waals surface area (Å²) in [4.78, 5) is 9.03. The molecule has 8 heteroatoms. The molecule has 0 aliphatic carbocycles. The second-order valence-electron chi connectivity index (χ2n) is 9.69. The third-order valence-corrected chi connectivity index (χ3v) is 7.94. The molecule has 0 saturated carbocycles. The number of imidazole rings is 1. The summed E-state index contributed by atoms with van der Waals surface area (Å²) in [6.45, 7) is 0. The lowest BCUT2D eigenvalue weighted by molar-refractivity contribution is 0.117. The Bertz CT molecular complexity index is 1800. The fourth-order valence-electron chi connectivity index (χ4n) is 5.15. The van der Waals surface area contributed by atoms with Gasteiger partial charge in [-0.25, -0.2) is 9.97 Å². The van der Waals surface area contributed by atoms with Crippen LogP contribution in [0.4, 0.5) is 0 Å². The van der Waals surface area contributed by atoms with Crippen molar-refractivity contribution in [1.82, 2.24) is 19.1 Å². The number of aryl methyl sites for hydroxylation is 1. The number of benzene rings is 3. The second-order valence-corrected chi connectivity index (χ2v) is 10.5. The van der Waals surface area contributed by atoms with E-state index in [-0.39, 0.29) is 0 Å². The van der Waals surface area contributed by atoms with Crippen molar-refractivity contribution in [3.63, 3.8) is 0 Å². The Hall–Kier alpha value is -4.10. The largest absolute Gasteiger partial charge is 0.481 e. The third kappa shape index (κ3) is 4.54. The summed E-state index contributed by atoms with van der Waals surface area (Å²) in [5, 5.41) is 14.2. The molecule has 0 radical (unpaired) electrons. The quantitative estimate of drug-likeness (QED) is 0.226. The second kappa shape index (κ2) is 10.5. The first-order valence-electron chi connectivity index (χ1n) is 12.7. The number of aliphatic hydroxyl groups is 1. The predicted molar refractivity (Wildman–Crippen MR) is 159 cm³/mol. The van der Waals surface area contributed by atoms with E-state index in [0.717, 1.165) is 16.8 Å². The molecule has 1 N–H and O–H groups in total. The van der Waals surface area contributed by atoms with Gasteiger partial charge in [0.2, 0.25) is 5.88 Å². The summed E-state index contributed by atoms with van der Waals surface area (Å²) in [7, 11) is 3.45. The van der Waals surface area contributed by atoms with Crippen molar-refractivity contribution in [1.29, 1.82) is 0 Å². The molecule has 6 aromatic rings. The number of fused-ring (bicyclic) bond motifs is 1. The number of rotatable bonds is 7. The number of pyridine rings is 1. The average Bonchev–Trinajstić information content (AvgIpc) is 3.67. The molecule has 3 aromatic carbocycles. The van der Waals surface area contributed by atoms with E-state index >= 15 is 0 Å². The standard InChI is InChI=1S/C32H26Cl2N4O2/c1-37-20-35-19-29(37)32(39,22-7-10-24(33)11-8-22)23-9-14-28-26(18-23)30(34)27(31(36-28)40-2)17-21-5-12-25(13-6-21)38-15-3-4-16-38/h3-16,18-20,39H,17H2,1-2H3. The molecular weight excluding hydrogens is 543 g/mol. The highest BCUT2D eigenvalue weighted by molar-refractivity contribution is 6.36. The summed E-state index contributed by atoms with van der Waals surface area (Å²) in [5.74, 6) is 0.472. The van der Waals surface area contributed by atoms with Gasteiger partial charge in [0, 0.05) is 47.5 Å². The Morgan fingerprint density at radius 2 is 1.62 bits per heavy atom. The molecule has 0 saturated heterocycles. The summed E-state index contributed by atoms with van der Waals surface area (Å²) in [5.41, 5.74) is 3.96. The molecule has 0 bridgehead atoms. The van der Waals surface area contributed by atoms with Gasteiger partial charge in [0.05, 0.1) is 35.9 Å². The number of hydrogen-bond acceptors (Lipinski definition) is 4. The van der Waals surface area contributed by atoms with E-state index in [1.807, 2.05) is 61.9 Å². The summed E-state index contributed by atoms with van der Waals surface area (Å²) < 4.78 is 9.53. The van der Waals surface area contributed by atoms with Crippen LogP contribution in [0.15, 0.2) is 104 Å². The van der Waals surface area contributed by atoms with Crippen LogP contribution >= 0.6 is 23.2 Å². The summed E-state index contributed by atoms with van der Waals surface area (Å²) in [6, 6.07) is 25.0. The molecule has 0 fully saturated rings. The molecule has 6 nitrogen and oxygen atoms in total. The maximum atomic E-state index is 12.4. The highest BCUT2D eigenvalue weighted by atomic mass is 35.5. The van der Waals surface area contributed by atoms with Gasteiger partial charge in [-0.2, -0.15) is 0 Å². The molecule has 1 unspecified atom stereocenters. The number of aromatic nitrogens is 4. The van der Waals surface area contributed by atoms with E-state index in [0.29, 0.717) is 50.1 Å². The minimum atomic E-state index is -1.51. The minimum Gasteiger partial charge on any atom is -0.481 e. The molecule has 0 amide bonds. The Morgan fingerprint density at radius 3 is 2.27 bits per heavy atom. The molecule has 0 aliphatic rings. The van der Waals surface area contributed by atoms with Crippen LogP contribution in [0.5, 0.6) is 5.88 Å². The Labute approximate surface area is 242 Å². The molecule has 3 heterocycles. The molecule has 40 heavy (non-hydrogen) atoms. The fraction of sp³-hybridized carbons (Fsp3) is 0.125. The molecule has 200 valence electrons.